The fraction of sp³-hybridized carbons (Fsp3) is 0.333. The highest BCUT2D eigenvalue weighted by atomic mass is 32.2. The molecule has 1 saturated carbocycles. The first kappa shape index (κ1) is 14.3. The fourth-order valence-electron chi connectivity index (χ4n) is 2.43. The molecule has 8 heteroatoms. The summed E-state index contributed by atoms with van der Waals surface area (Å²) < 4.78 is 12.3. The molecule has 1 aromatic carbocycles. The Kier molecular flexibility index (Phi) is 3.53. The topological polar surface area (TPSA) is 83.0 Å². The van der Waals surface area contributed by atoms with Crippen LogP contribution in [0, 0.1) is 0 Å². The third-order valence-electron chi connectivity index (χ3n) is 3.75. The van der Waals surface area contributed by atoms with E-state index in [4.69, 9.17) is 9.15 Å². The van der Waals surface area contributed by atoms with Gasteiger partial charge in [-0.3, -0.25) is 0 Å². The lowest BCUT2D eigenvalue weighted by molar-refractivity contribution is 0.414. The van der Waals surface area contributed by atoms with Crippen LogP contribution in [0.25, 0.3) is 11.0 Å². The number of methoxy groups -OCH3 is 1. The van der Waals surface area contributed by atoms with Crippen LogP contribution in [0.1, 0.15) is 24.4 Å². The van der Waals surface area contributed by atoms with Crippen molar-refractivity contribution in [3.63, 3.8) is 0 Å². The van der Waals surface area contributed by atoms with E-state index in [0.717, 1.165) is 28.9 Å². The van der Waals surface area contributed by atoms with E-state index in [1.54, 1.807) is 13.2 Å². The second kappa shape index (κ2) is 5.69. The largest absolute Gasteiger partial charge is 0.497 e. The number of thioether (sulfide) groups is 1. The first-order valence-corrected chi connectivity index (χ1v) is 8.24. The van der Waals surface area contributed by atoms with E-state index >= 15 is 0 Å². The number of hydrogen-bond acceptors (Lipinski definition) is 7. The van der Waals surface area contributed by atoms with Crippen LogP contribution in [0.3, 0.4) is 0 Å². The quantitative estimate of drug-likeness (QED) is 0.525. The molecular weight excluding hydrogens is 316 g/mol. The zero-order valence-electron chi connectivity index (χ0n) is 12.4. The van der Waals surface area contributed by atoms with Crippen molar-refractivity contribution in [3.8, 4) is 5.75 Å². The molecule has 7 nitrogen and oxygen atoms in total. The van der Waals surface area contributed by atoms with Crippen molar-refractivity contribution >= 4 is 22.7 Å². The van der Waals surface area contributed by atoms with Crippen molar-refractivity contribution in [2.75, 3.05) is 7.11 Å². The zero-order valence-corrected chi connectivity index (χ0v) is 13.2. The van der Waals surface area contributed by atoms with E-state index in [-0.39, 0.29) is 5.63 Å². The lowest BCUT2D eigenvalue weighted by Gasteiger charge is -2.07. The Bertz CT molecular complexity index is 916. The molecule has 23 heavy (non-hydrogen) atoms. The van der Waals surface area contributed by atoms with Gasteiger partial charge in [-0.1, -0.05) is 11.8 Å². The molecule has 3 aromatic rings. The molecule has 0 spiro atoms. The van der Waals surface area contributed by atoms with Crippen molar-refractivity contribution in [1.82, 2.24) is 20.2 Å². The first-order chi connectivity index (χ1) is 11.2. The molecule has 4 rings (SSSR count). The normalized spacial score (nSPS) is 14.3. The van der Waals surface area contributed by atoms with Gasteiger partial charge in [0, 0.05) is 23.3 Å². The Hall–Kier alpha value is -2.35. The second-order valence-corrected chi connectivity index (χ2v) is 6.32. The molecule has 0 saturated heterocycles. The minimum Gasteiger partial charge on any atom is -0.497 e. The highest BCUT2D eigenvalue weighted by Crippen LogP contribution is 2.37. The van der Waals surface area contributed by atoms with Crippen molar-refractivity contribution in [1.29, 1.82) is 0 Å². The summed E-state index contributed by atoms with van der Waals surface area (Å²) in [7, 11) is 1.58. The van der Waals surface area contributed by atoms with Gasteiger partial charge < -0.3 is 9.15 Å². The molecule has 118 valence electrons. The van der Waals surface area contributed by atoms with Crippen LogP contribution in [0.2, 0.25) is 0 Å². The lowest BCUT2D eigenvalue weighted by Crippen LogP contribution is -2.02. The van der Waals surface area contributed by atoms with Crippen LogP contribution in [0.5, 0.6) is 5.75 Å². The summed E-state index contributed by atoms with van der Waals surface area (Å²) in [6, 6.07) is 7.42. The average Bonchev–Trinajstić information content (AvgIpc) is 3.30. The smallest absolute Gasteiger partial charge is 0.336 e. The molecule has 0 atom stereocenters. The van der Waals surface area contributed by atoms with Crippen LogP contribution in [0.15, 0.2) is 38.6 Å². The van der Waals surface area contributed by atoms with E-state index in [1.165, 1.54) is 17.8 Å². The van der Waals surface area contributed by atoms with Crippen LogP contribution in [-0.4, -0.2) is 27.3 Å². The maximum absolute atomic E-state index is 11.8. The van der Waals surface area contributed by atoms with Gasteiger partial charge in [0.05, 0.1) is 13.2 Å². The fourth-order valence-corrected chi connectivity index (χ4v) is 3.36. The highest BCUT2D eigenvalue weighted by Gasteiger charge is 2.27. The number of tetrazole rings is 1. The number of benzene rings is 1. The standard InChI is InChI=1S/C15H14N4O3S/c1-21-11-4-5-12-9(6-14(20)22-13(12)7-11)8-23-15-16-17-18-19(15)10-2-3-10/h4-7,10H,2-3,8H2,1H3. The summed E-state index contributed by atoms with van der Waals surface area (Å²) >= 11 is 1.52. The Morgan fingerprint density at radius 1 is 1.39 bits per heavy atom. The Morgan fingerprint density at radius 2 is 2.26 bits per heavy atom. The van der Waals surface area contributed by atoms with Gasteiger partial charge in [0.2, 0.25) is 5.16 Å². The molecular formula is C15H14N4O3S. The average molecular weight is 330 g/mol. The summed E-state index contributed by atoms with van der Waals surface area (Å²) in [6.45, 7) is 0. The molecule has 1 aliphatic carbocycles. The summed E-state index contributed by atoms with van der Waals surface area (Å²) in [4.78, 5) is 11.8. The molecule has 0 bridgehead atoms. The number of fused-ring (bicyclic) bond motifs is 1. The van der Waals surface area contributed by atoms with Crippen LogP contribution in [0.4, 0.5) is 0 Å². The second-order valence-electron chi connectivity index (χ2n) is 5.38. The zero-order chi connectivity index (χ0) is 15.8. The van der Waals surface area contributed by atoms with Gasteiger partial charge in [-0.15, -0.1) is 5.10 Å². The summed E-state index contributed by atoms with van der Waals surface area (Å²) in [5.74, 6) is 1.25. The molecule has 1 aliphatic rings. The van der Waals surface area contributed by atoms with Gasteiger partial charge >= 0.3 is 5.63 Å². The van der Waals surface area contributed by atoms with E-state index in [9.17, 15) is 4.79 Å². The first-order valence-electron chi connectivity index (χ1n) is 7.26. The summed E-state index contributed by atoms with van der Waals surface area (Å²) in [5.41, 5.74) is 1.05. The van der Waals surface area contributed by atoms with Crippen LogP contribution < -0.4 is 10.4 Å². The molecule has 0 aliphatic heterocycles. The van der Waals surface area contributed by atoms with Crippen molar-refractivity contribution in [3.05, 3.63) is 40.2 Å². The van der Waals surface area contributed by atoms with Crippen molar-refractivity contribution < 1.29 is 9.15 Å². The summed E-state index contributed by atoms with van der Waals surface area (Å²) in [5, 5.41) is 13.5. The molecule has 2 heterocycles. The Morgan fingerprint density at radius 3 is 3.04 bits per heavy atom. The summed E-state index contributed by atoms with van der Waals surface area (Å²) in [6.07, 6.45) is 2.24. The SMILES string of the molecule is COc1ccc2c(CSc3nnnn3C3CC3)cc(=O)oc2c1. The highest BCUT2D eigenvalue weighted by molar-refractivity contribution is 7.98. The minimum atomic E-state index is -0.372. The van der Waals surface area contributed by atoms with Crippen molar-refractivity contribution in [2.45, 2.75) is 29.8 Å². The number of rotatable bonds is 5. The van der Waals surface area contributed by atoms with Crippen LogP contribution in [-0.2, 0) is 5.75 Å². The maximum atomic E-state index is 11.8. The Balaban J connectivity index is 1.65. The van der Waals surface area contributed by atoms with Crippen molar-refractivity contribution in [2.24, 2.45) is 0 Å². The number of aromatic nitrogens is 4. The third-order valence-corrected chi connectivity index (χ3v) is 4.73. The van der Waals surface area contributed by atoms with Gasteiger partial charge in [0.25, 0.3) is 0 Å². The van der Waals surface area contributed by atoms with Gasteiger partial charge in [-0.2, -0.15) is 0 Å². The number of nitrogens with zero attached hydrogens (tertiary/aromatic N) is 4. The molecule has 0 unspecified atom stereocenters. The third kappa shape index (κ3) is 2.81. The predicted octanol–water partition coefficient (Wildman–Crippen LogP) is 2.42. The Labute approximate surface area is 135 Å². The van der Waals surface area contributed by atoms with E-state index < -0.39 is 0 Å². The van der Waals surface area contributed by atoms with Gasteiger partial charge in [-0.25, -0.2) is 9.48 Å². The lowest BCUT2D eigenvalue weighted by atomic mass is 10.1. The molecule has 1 fully saturated rings. The maximum Gasteiger partial charge on any atom is 0.336 e. The van der Waals surface area contributed by atoms with E-state index in [2.05, 4.69) is 15.5 Å². The molecule has 0 N–H and O–H groups in total. The molecule has 0 amide bonds. The van der Waals surface area contributed by atoms with Crippen LogP contribution >= 0.6 is 11.8 Å². The van der Waals surface area contributed by atoms with Gasteiger partial charge in [0.1, 0.15) is 11.3 Å². The van der Waals surface area contributed by atoms with E-state index in [0.29, 0.717) is 23.1 Å². The van der Waals surface area contributed by atoms with E-state index in [1.807, 2.05) is 16.8 Å². The predicted molar refractivity (Wildman–Crippen MR) is 84.7 cm³/mol. The van der Waals surface area contributed by atoms with Gasteiger partial charge in [0.15, 0.2) is 0 Å². The molecule has 2 aromatic heterocycles. The van der Waals surface area contributed by atoms with Gasteiger partial charge in [-0.05, 0) is 41.0 Å². The molecule has 0 radical (unpaired) electrons. The number of hydrogen-bond donors (Lipinski definition) is 0. The number of ether oxygens (including phenoxy) is 1. The monoisotopic (exact) mass is 330 g/mol. The minimum absolute atomic E-state index is 0.372.